The summed E-state index contributed by atoms with van der Waals surface area (Å²) in [6.45, 7) is 3.76. The van der Waals surface area contributed by atoms with Crippen molar-refractivity contribution in [1.29, 1.82) is 0 Å². The van der Waals surface area contributed by atoms with Gasteiger partial charge in [-0.15, -0.1) is 0 Å². The fourth-order valence-corrected chi connectivity index (χ4v) is 0.851. The maximum atomic E-state index is 4.85. The van der Waals surface area contributed by atoms with Gasteiger partial charge in [0.25, 0.3) is 0 Å². The molecule has 0 heterocycles. The Morgan fingerprint density at radius 2 is 1.83 bits per heavy atom. The van der Waals surface area contributed by atoms with Gasteiger partial charge in [-0.3, -0.25) is 0 Å². The number of hydrogen-bond donors (Lipinski definition) is 0. The van der Waals surface area contributed by atoms with Crippen molar-refractivity contribution in [2.75, 3.05) is 0 Å². The predicted molar refractivity (Wildman–Crippen MR) is 41.5 cm³/mol. The first-order valence-electron chi connectivity index (χ1n) is 3.17. The molecule has 0 N–H and O–H groups in total. The molecule has 0 aliphatic carbocycles. The second-order valence-electron chi connectivity index (χ2n) is 2.00. The molecule has 1 aromatic rings. The molecule has 1 rings (SSSR count). The minimum atomic E-state index is 0. The monoisotopic (exact) mass is 407 g/mol. The van der Waals surface area contributed by atoms with Gasteiger partial charge in [-0.05, 0) is 11.6 Å². The van der Waals surface area contributed by atoms with Crippen LogP contribution in [0.4, 0.5) is 0 Å². The summed E-state index contributed by atoms with van der Waals surface area (Å²) in [7, 11) is 3.34. The molecular formula is C9H10OWY-2. The van der Waals surface area contributed by atoms with Crippen LogP contribution in [0, 0.1) is 14.0 Å². The maximum Gasteiger partial charge on any atom is 0.0849 e. The molecule has 0 aliphatic heterocycles. The molecule has 0 atom stereocenters. The van der Waals surface area contributed by atoms with Crippen LogP contribution < -0.4 is 4.74 Å². The van der Waals surface area contributed by atoms with E-state index in [0.717, 1.165) is 17.7 Å². The van der Waals surface area contributed by atoms with Gasteiger partial charge < -0.3 is 11.7 Å². The zero-order chi connectivity index (χ0) is 7.40. The van der Waals surface area contributed by atoms with Crippen LogP contribution in [0.1, 0.15) is 5.56 Å². The Balaban J connectivity index is 0. The minimum absolute atomic E-state index is 0. The molecule has 0 fully saturated rings. The number of ether oxygens (including phenoxy) is 1. The normalized spacial score (nSPS) is 7.83. The molecule has 0 bridgehead atoms. The second-order valence-corrected chi connectivity index (χ2v) is 2.00. The molecule has 12 heavy (non-hydrogen) atoms. The third kappa shape index (κ3) is 4.16. The molecule has 0 amide bonds. The first-order chi connectivity index (χ1) is 4.88. The van der Waals surface area contributed by atoms with Crippen LogP contribution in [0.2, 0.25) is 0 Å². The zero-order valence-electron chi connectivity index (χ0n) is 6.82. The summed E-state index contributed by atoms with van der Waals surface area (Å²) in [4.78, 5) is 0. The third-order valence-electron chi connectivity index (χ3n) is 1.40. The zero-order valence-corrected chi connectivity index (χ0v) is 12.6. The van der Waals surface area contributed by atoms with Crippen LogP contribution in [0.25, 0.3) is 0 Å². The third-order valence-corrected chi connectivity index (χ3v) is 1.40. The number of rotatable bonds is 2. The van der Waals surface area contributed by atoms with Gasteiger partial charge in [0.15, 0.2) is 0 Å². The molecule has 63 valence electrons. The van der Waals surface area contributed by atoms with Crippen molar-refractivity contribution in [3.63, 3.8) is 0 Å². The standard InChI is InChI=1S/C9H10O.W.Y/c1-3-8-6-4-5-7-9(8)10-2;;/h4-7H,1-3H2;;/q-2;;. The van der Waals surface area contributed by atoms with Gasteiger partial charge in [-0.1, -0.05) is 18.2 Å². The Bertz CT molecular complexity index is 192. The molecule has 1 aromatic carbocycles. The quantitative estimate of drug-likeness (QED) is 0.684. The van der Waals surface area contributed by atoms with Crippen LogP contribution in [0.5, 0.6) is 5.75 Å². The first-order valence-corrected chi connectivity index (χ1v) is 3.17. The van der Waals surface area contributed by atoms with E-state index in [1.165, 1.54) is 0 Å². The summed E-state index contributed by atoms with van der Waals surface area (Å²) < 4.78 is 4.85. The summed E-state index contributed by atoms with van der Waals surface area (Å²) in [6.07, 6.45) is 0.742. The average Bonchev–Trinajstić information content (AvgIpc) is 2.04. The molecule has 0 unspecified atom stereocenters. The number of para-hydroxylation sites is 1. The average molecular weight is 407 g/mol. The van der Waals surface area contributed by atoms with E-state index in [1.807, 2.05) is 24.3 Å². The SMILES string of the molecule is [CH2-]Cc1ccccc1O[CH2-].[W].[Y]. The van der Waals surface area contributed by atoms with Crippen LogP contribution in [-0.4, -0.2) is 0 Å². The second kappa shape index (κ2) is 8.41. The van der Waals surface area contributed by atoms with Gasteiger partial charge in [0, 0.05) is 53.8 Å². The Morgan fingerprint density at radius 1 is 1.25 bits per heavy atom. The van der Waals surface area contributed by atoms with E-state index < -0.39 is 0 Å². The molecular weight excluding hydrogens is 397 g/mol. The summed E-state index contributed by atoms with van der Waals surface area (Å²) in [6, 6.07) is 7.74. The smallest absolute Gasteiger partial charge is 0.0849 e. The Kier molecular flexibility index (Phi) is 10.7. The molecule has 1 nitrogen and oxygen atoms in total. The van der Waals surface area contributed by atoms with E-state index >= 15 is 0 Å². The Hall–Kier alpha value is 0.812. The molecule has 1 radical (unpaired) electrons. The molecule has 0 saturated carbocycles. The van der Waals surface area contributed by atoms with E-state index in [4.69, 9.17) is 4.74 Å². The summed E-state index contributed by atoms with van der Waals surface area (Å²) in [5.41, 5.74) is 1.09. The molecule has 0 spiro atoms. The van der Waals surface area contributed by atoms with Gasteiger partial charge in [-0.25, -0.2) is 0 Å². The van der Waals surface area contributed by atoms with E-state index in [1.54, 1.807) is 0 Å². The maximum absolute atomic E-state index is 4.85. The Labute approximate surface area is 113 Å². The van der Waals surface area contributed by atoms with E-state index in [-0.39, 0.29) is 53.8 Å². The largest absolute Gasteiger partial charge is 0.665 e. The van der Waals surface area contributed by atoms with Crippen LogP contribution in [0.15, 0.2) is 24.3 Å². The van der Waals surface area contributed by atoms with Gasteiger partial charge in [-0.2, -0.15) is 13.5 Å². The predicted octanol–water partition coefficient (Wildman–Crippen LogP) is 2.23. The topological polar surface area (TPSA) is 9.23 Å². The van der Waals surface area contributed by atoms with E-state index in [9.17, 15) is 0 Å². The van der Waals surface area contributed by atoms with Gasteiger partial charge in [0.1, 0.15) is 0 Å². The summed E-state index contributed by atoms with van der Waals surface area (Å²) >= 11 is 0. The van der Waals surface area contributed by atoms with Gasteiger partial charge >= 0.3 is 0 Å². The number of hydrogen-bond acceptors (Lipinski definition) is 1. The number of benzene rings is 1. The van der Waals surface area contributed by atoms with Gasteiger partial charge in [0.05, 0.1) is 5.75 Å². The van der Waals surface area contributed by atoms with Crippen LogP contribution in [0.3, 0.4) is 0 Å². The fourth-order valence-electron chi connectivity index (χ4n) is 0.851. The van der Waals surface area contributed by atoms with Crippen molar-refractivity contribution in [2.45, 2.75) is 6.42 Å². The molecule has 0 aromatic heterocycles. The van der Waals surface area contributed by atoms with Crippen molar-refractivity contribution in [2.24, 2.45) is 0 Å². The van der Waals surface area contributed by atoms with Crippen molar-refractivity contribution >= 4 is 0 Å². The van der Waals surface area contributed by atoms with Crippen molar-refractivity contribution in [3.8, 4) is 5.75 Å². The van der Waals surface area contributed by atoms with Crippen molar-refractivity contribution < 1.29 is 58.5 Å². The molecule has 3 heteroatoms. The van der Waals surface area contributed by atoms with Crippen LogP contribution in [-0.2, 0) is 60.2 Å². The van der Waals surface area contributed by atoms with Crippen molar-refractivity contribution in [1.82, 2.24) is 0 Å². The first kappa shape index (κ1) is 15.3. The molecule has 0 saturated heterocycles. The summed E-state index contributed by atoms with van der Waals surface area (Å²) in [5, 5.41) is 0. The fraction of sp³-hybridized carbons (Fsp3) is 0.111. The molecule has 0 aliphatic rings. The minimum Gasteiger partial charge on any atom is -0.665 e. The van der Waals surface area contributed by atoms with Gasteiger partial charge in [0.2, 0.25) is 0 Å². The van der Waals surface area contributed by atoms with Crippen molar-refractivity contribution in [3.05, 3.63) is 43.9 Å². The van der Waals surface area contributed by atoms with E-state index in [0.29, 0.717) is 0 Å². The Morgan fingerprint density at radius 3 is 2.25 bits per heavy atom. The van der Waals surface area contributed by atoms with Crippen LogP contribution >= 0.6 is 0 Å². The summed E-state index contributed by atoms with van der Waals surface area (Å²) in [5.74, 6) is 0.817. The van der Waals surface area contributed by atoms with E-state index in [2.05, 4.69) is 14.0 Å².